The molecular weight excluding hydrogens is 388 g/mol. The Morgan fingerprint density at radius 2 is 2.03 bits per heavy atom. The Kier molecular flexibility index (Phi) is 5.92. The largest absolute Gasteiger partial charge is 0.367 e. The molecule has 2 aromatic carbocycles. The standard InChI is InChI=1S/C22H23F2N5O/c1-25-22(26-13-18-12-21(30-28-18)15-5-3-2-4-6-15)27-17-9-10-29(14-17)20-8-7-16(23)11-19(20)24/h2-8,11-12,17H,9-10,13-14H2,1H3,(H2,25,26,27). The Morgan fingerprint density at radius 3 is 2.80 bits per heavy atom. The van der Waals surface area contributed by atoms with Crippen LogP contribution in [-0.4, -0.2) is 37.3 Å². The predicted octanol–water partition coefficient (Wildman–Crippen LogP) is 3.56. The van der Waals surface area contributed by atoms with Crippen molar-refractivity contribution in [3.8, 4) is 11.3 Å². The van der Waals surface area contributed by atoms with E-state index in [-0.39, 0.29) is 6.04 Å². The highest BCUT2D eigenvalue weighted by Crippen LogP contribution is 2.24. The second-order valence-corrected chi connectivity index (χ2v) is 7.15. The molecule has 30 heavy (non-hydrogen) atoms. The summed E-state index contributed by atoms with van der Waals surface area (Å²) in [6.45, 7) is 1.74. The summed E-state index contributed by atoms with van der Waals surface area (Å²) >= 11 is 0. The Balaban J connectivity index is 1.31. The van der Waals surface area contributed by atoms with Crippen LogP contribution in [0.2, 0.25) is 0 Å². The van der Waals surface area contributed by atoms with Gasteiger partial charge in [-0.1, -0.05) is 35.5 Å². The molecule has 1 unspecified atom stereocenters. The highest BCUT2D eigenvalue weighted by Gasteiger charge is 2.25. The molecular formula is C22H23F2N5O. The van der Waals surface area contributed by atoms with Gasteiger partial charge in [-0.2, -0.15) is 0 Å². The fourth-order valence-corrected chi connectivity index (χ4v) is 3.53. The lowest BCUT2D eigenvalue weighted by molar-refractivity contribution is 0.422. The zero-order valence-electron chi connectivity index (χ0n) is 16.6. The molecule has 0 saturated carbocycles. The van der Waals surface area contributed by atoms with Crippen molar-refractivity contribution in [3.05, 3.63) is 71.9 Å². The van der Waals surface area contributed by atoms with Crippen LogP contribution in [0, 0.1) is 11.6 Å². The summed E-state index contributed by atoms with van der Waals surface area (Å²) in [6, 6.07) is 15.4. The van der Waals surface area contributed by atoms with E-state index in [0.29, 0.717) is 37.0 Å². The summed E-state index contributed by atoms with van der Waals surface area (Å²) in [5.74, 6) is 0.227. The van der Waals surface area contributed by atoms with Crippen LogP contribution in [0.15, 0.2) is 64.1 Å². The lowest BCUT2D eigenvalue weighted by atomic mass is 10.2. The van der Waals surface area contributed by atoms with Crippen LogP contribution >= 0.6 is 0 Å². The zero-order valence-corrected chi connectivity index (χ0v) is 16.6. The van der Waals surface area contributed by atoms with Gasteiger partial charge in [-0.15, -0.1) is 0 Å². The molecule has 3 aromatic rings. The lowest BCUT2D eigenvalue weighted by Gasteiger charge is -2.20. The van der Waals surface area contributed by atoms with Gasteiger partial charge in [-0.05, 0) is 18.6 Å². The molecule has 1 saturated heterocycles. The Morgan fingerprint density at radius 1 is 1.20 bits per heavy atom. The second kappa shape index (κ2) is 8.94. The number of hydrogen-bond acceptors (Lipinski definition) is 4. The van der Waals surface area contributed by atoms with Crippen LogP contribution in [0.25, 0.3) is 11.3 Å². The number of rotatable bonds is 5. The quantitative estimate of drug-likeness (QED) is 0.496. The van der Waals surface area contributed by atoms with Crippen LogP contribution in [-0.2, 0) is 6.54 Å². The van der Waals surface area contributed by atoms with Gasteiger partial charge in [-0.25, -0.2) is 8.78 Å². The first-order chi connectivity index (χ1) is 14.6. The van der Waals surface area contributed by atoms with E-state index in [0.717, 1.165) is 23.7 Å². The van der Waals surface area contributed by atoms with Gasteiger partial charge < -0.3 is 20.1 Å². The Bertz CT molecular complexity index is 1020. The van der Waals surface area contributed by atoms with Crippen molar-refractivity contribution in [2.45, 2.75) is 19.0 Å². The van der Waals surface area contributed by atoms with Gasteiger partial charge in [0.05, 0.1) is 12.2 Å². The fraction of sp³-hybridized carbons (Fsp3) is 0.273. The first-order valence-electron chi connectivity index (χ1n) is 9.80. The molecule has 156 valence electrons. The van der Waals surface area contributed by atoms with Crippen molar-refractivity contribution in [3.63, 3.8) is 0 Å². The smallest absolute Gasteiger partial charge is 0.191 e. The Hall–Kier alpha value is -3.42. The summed E-state index contributed by atoms with van der Waals surface area (Å²) in [4.78, 5) is 6.16. The lowest BCUT2D eigenvalue weighted by Crippen LogP contribution is -2.44. The number of aromatic nitrogens is 1. The van der Waals surface area contributed by atoms with Gasteiger partial charge in [0.25, 0.3) is 0 Å². The summed E-state index contributed by atoms with van der Waals surface area (Å²) in [7, 11) is 1.69. The van der Waals surface area contributed by atoms with Crippen LogP contribution in [0.4, 0.5) is 14.5 Å². The fourth-order valence-electron chi connectivity index (χ4n) is 3.53. The topological polar surface area (TPSA) is 65.7 Å². The molecule has 4 rings (SSSR count). The van der Waals surface area contributed by atoms with E-state index in [2.05, 4.69) is 20.8 Å². The van der Waals surface area contributed by atoms with Crippen LogP contribution < -0.4 is 15.5 Å². The third-order valence-electron chi connectivity index (χ3n) is 5.06. The first-order valence-corrected chi connectivity index (χ1v) is 9.80. The normalized spacial score (nSPS) is 16.7. The molecule has 1 aliphatic rings. The van der Waals surface area contributed by atoms with Gasteiger partial charge in [-0.3, -0.25) is 4.99 Å². The first kappa shape index (κ1) is 19.9. The van der Waals surface area contributed by atoms with Crippen LogP contribution in [0.1, 0.15) is 12.1 Å². The third kappa shape index (κ3) is 4.59. The Labute approximate surface area is 173 Å². The van der Waals surface area contributed by atoms with E-state index in [9.17, 15) is 8.78 Å². The molecule has 8 heteroatoms. The number of halogens is 2. The molecule has 1 aliphatic heterocycles. The summed E-state index contributed by atoms with van der Waals surface area (Å²) in [5, 5.41) is 10.7. The minimum Gasteiger partial charge on any atom is -0.367 e. The van der Waals surface area contributed by atoms with Crippen molar-refractivity contribution in [2.75, 3.05) is 25.0 Å². The van der Waals surface area contributed by atoms with Gasteiger partial charge in [0.15, 0.2) is 11.7 Å². The maximum absolute atomic E-state index is 14.0. The van der Waals surface area contributed by atoms with E-state index >= 15 is 0 Å². The van der Waals surface area contributed by atoms with Crippen molar-refractivity contribution in [1.29, 1.82) is 0 Å². The van der Waals surface area contributed by atoms with Gasteiger partial charge >= 0.3 is 0 Å². The summed E-state index contributed by atoms with van der Waals surface area (Å²) in [5.41, 5.74) is 2.15. The molecule has 6 nitrogen and oxygen atoms in total. The molecule has 0 radical (unpaired) electrons. The third-order valence-corrected chi connectivity index (χ3v) is 5.06. The van der Waals surface area contributed by atoms with Crippen molar-refractivity contribution >= 4 is 11.6 Å². The number of benzene rings is 2. The zero-order chi connectivity index (χ0) is 20.9. The molecule has 0 bridgehead atoms. The monoisotopic (exact) mass is 411 g/mol. The van der Waals surface area contributed by atoms with Gasteiger partial charge in [0, 0.05) is 43.9 Å². The van der Waals surface area contributed by atoms with Gasteiger partial charge in [0.1, 0.15) is 17.3 Å². The molecule has 1 fully saturated rings. The molecule has 0 amide bonds. The number of nitrogens with zero attached hydrogens (tertiary/aromatic N) is 3. The maximum Gasteiger partial charge on any atom is 0.191 e. The molecule has 1 aromatic heterocycles. The number of anilines is 1. The van der Waals surface area contributed by atoms with E-state index < -0.39 is 11.6 Å². The van der Waals surface area contributed by atoms with Crippen LogP contribution in [0.5, 0.6) is 0 Å². The van der Waals surface area contributed by atoms with Crippen molar-refractivity contribution in [2.24, 2.45) is 4.99 Å². The SMILES string of the molecule is CN=C(NCc1cc(-c2ccccc2)on1)NC1CCN(c2ccc(F)cc2F)C1. The minimum atomic E-state index is -0.571. The molecule has 1 atom stereocenters. The highest BCUT2D eigenvalue weighted by molar-refractivity contribution is 5.80. The molecule has 2 N–H and O–H groups in total. The number of nitrogens with one attached hydrogen (secondary N) is 2. The maximum atomic E-state index is 14.0. The van der Waals surface area contributed by atoms with E-state index in [1.807, 2.05) is 41.3 Å². The molecule has 0 spiro atoms. The number of hydrogen-bond donors (Lipinski definition) is 2. The van der Waals surface area contributed by atoms with Crippen molar-refractivity contribution in [1.82, 2.24) is 15.8 Å². The van der Waals surface area contributed by atoms with Crippen LogP contribution in [0.3, 0.4) is 0 Å². The second-order valence-electron chi connectivity index (χ2n) is 7.15. The summed E-state index contributed by atoms with van der Waals surface area (Å²) in [6.07, 6.45) is 0.819. The van der Waals surface area contributed by atoms with Crippen molar-refractivity contribution < 1.29 is 13.3 Å². The minimum absolute atomic E-state index is 0.0952. The molecule has 0 aliphatic carbocycles. The predicted molar refractivity (Wildman–Crippen MR) is 112 cm³/mol. The van der Waals surface area contributed by atoms with Gasteiger partial charge in [0.2, 0.25) is 0 Å². The highest BCUT2D eigenvalue weighted by atomic mass is 19.1. The number of guanidine groups is 1. The average Bonchev–Trinajstić information content (AvgIpc) is 3.41. The van der Waals surface area contributed by atoms with E-state index in [4.69, 9.17) is 4.52 Å². The average molecular weight is 411 g/mol. The van der Waals surface area contributed by atoms with E-state index in [1.165, 1.54) is 12.1 Å². The molecule has 2 heterocycles. The number of aliphatic imine (C=N–C) groups is 1. The van der Waals surface area contributed by atoms with E-state index in [1.54, 1.807) is 7.05 Å². The summed E-state index contributed by atoms with van der Waals surface area (Å²) < 4.78 is 32.6.